The Kier molecular flexibility index (Phi) is 21.8. The van der Waals surface area contributed by atoms with Crippen molar-refractivity contribution in [3.05, 3.63) is 149 Å². The Hall–Kier alpha value is -8.44. The second-order valence-corrected chi connectivity index (χ2v) is 24.9. The number of fused-ring (bicyclic) bond motifs is 6. The highest BCUT2D eigenvalue weighted by molar-refractivity contribution is 7.98. The molecule has 5 aromatic carbocycles. The number of carbonyl (C=O) groups excluding carboxylic acids is 9. The van der Waals surface area contributed by atoms with E-state index < -0.39 is 95.5 Å². The van der Waals surface area contributed by atoms with Crippen LogP contribution in [0.2, 0.25) is 0 Å². The first-order chi connectivity index (χ1) is 42.4. The lowest BCUT2D eigenvalue weighted by Gasteiger charge is -2.31. The topological polar surface area (TPSA) is 280 Å². The van der Waals surface area contributed by atoms with Gasteiger partial charge >= 0.3 is 0 Å². The van der Waals surface area contributed by atoms with Crippen LogP contribution in [-0.2, 0) is 73.9 Å². The Labute approximate surface area is 518 Å². The average molecular weight is 1240 g/mol. The number of benzene rings is 5. The van der Waals surface area contributed by atoms with E-state index in [1.807, 2.05) is 60.7 Å². The number of halogens is 1. The van der Waals surface area contributed by atoms with Crippen LogP contribution < -0.4 is 37.2 Å². The Morgan fingerprint density at radius 2 is 1.10 bits per heavy atom. The fourth-order valence-corrected chi connectivity index (χ4v) is 13.2. The van der Waals surface area contributed by atoms with Gasteiger partial charge in [0.1, 0.15) is 59.9 Å². The quantitative estimate of drug-likeness (QED) is 0.109. The van der Waals surface area contributed by atoms with Gasteiger partial charge in [-0.05, 0) is 115 Å². The summed E-state index contributed by atoms with van der Waals surface area (Å²) in [6.45, 7) is 5.09. The summed E-state index contributed by atoms with van der Waals surface area (Å²) >= 11 is 3.20. The van der Waals surface area contributed by atoms with Gasteiger partial charge in [-0.3, -0.25) is 43.2 Å². The number of H-pyrrole nitrogens is 1. The molecule has 20 nitrogen and oxygen atoms in total. The normalized spacial score (nSPS) is 24.2. The SMILES string of the molecule is C[C@@H]1NC(=O)CCSCc2cccc(c2)CSCCNC(=O)[C@@H]2CCCN2C(=O)[C@H](Cc2ccc(O)cc2)NC(=O)[C@H](C)NC(=O)[C@@H]2CCCN2C(=O)[C@H](Cc2c[nH]c3ccc(F)cc23)NC(=O)[C@H](Cc2cccc3ccccc23)NC(=O)[C@@H](C)NC1=O. The molecular weight excluding hydrogens is 1160 g/mol. The van der Waals surface area contributed by atoms with E-state index in [1.165, 1.54) is 54.8 Å². The van der Waals surface area contributed by atoms with Crippen molar-refractivity contribution in [1.29, 1.82) is 0 Å². The molecule has 9 N–H and O–H groups in total. The molecule has 4 heterocycles. The number of phenolic OH excluding ortho intramolecular Hbond substituents is 1. The minimum atomic E-state index is -1.41. The largest absolute Gasteiger partial charge is 0.508 e. The van der Waals surface area contributed by atoms with Crippen LogP contribution in [0.4, 0.5) is 4.39 Å². The molecule has 0 radical (unpaired) electrons. The molecule has 88 heavy (non-hydrogen) atoms. The molecule has 3 aliphatic rings. The summed E-state index contributed by atoms with van der Waals surface area (Å²) in [5.74, 6) is -3.57. The first-order valence-electron chi connectivity index (χ1n) is 29.8. The van der Waals surface area contributed by atoms with Crippen LogP contribution in [0.3, 0.4) is 0 Å². The van der Waals surface area contributed by atoms with Gasteiger partial charge in [0, 0.05) is 85.4 Å². The average Bonchev–Trinajstić information content (AvgIpc) is 4.09. The van der Waals surface area contributed by atoms with Crippen molar-refractivity contribution >= 4 is 98.4 Å². The van der Waals surface area contributed by atoms with Crippen LogP contribution >= 0.6 is 23.5 Å². The third kappa shape index (κ3) is 16.6. The van der Waals surface area contributed by atoms with Crippen molar-refractivity contribution in [3.8, 4) is 5.75 Å². The highest BCUT2D eigenvalue weighted by Crippen LogP contribution is 2.27. The Bertz CT molecular complexity index is 3550. The zero-order valence-electron chi connectivity index (χ0n) is 49.4. The number of hydrogen-bond acceptors (Lipinski definition) is 12. The molecule has 9 rings (SSSR count). The fourth-order valence-electron chi connectivity index (χ4n) is 11.5. The highest BCUT2D eigenvalue weighted by atomic mass is 32.2. The Morgan fingerprint density at radius 1 is 0.534 bits per heavy atom. The molecule has 0 spiro atoms. The molecule has 0 aliphatic carbocycles. The molecule has 1 aromatic heterocycles. The number of aromatic hydroxyl groups is 1. The third-order valence-electron chi connectivity index (χ3n) is 16.2. The zero-order valence-corrected chi connectivity index (χ0v) is 51.0. The van der Waals surface area contributed by atoms with E-state index in [1.54, 1.807) is 47.9 Å². The molecule has 2 bridgehead atoms. The van der Waals surface area contributed by atoms with Crippen LogP contribution in [0.15, 0.2) is 115 Å². The summed E-state index contributed by atoms with van der Waals surface area (Å²) in [6.07, 6.45) is 2.97. The maximum absolute atomic E-state index is 15.2. The van der Waals surface area contributed by atoms with Gasteiger partial charge in [-0.1, -0.05) is 78.9 Å². The lowest BCUT2D eigenvalue weighted by molar-refractivity contribution is -0.143. The molecule has 0 saturated carbocycles. The van der Waals surface area contributed by atoms with Crippen molar-refractivity contribution in [2.45, 2.75) is 132 Å². The minimum Gasteiger partial charge on any atom is -0.508 e. The number of phenols is 1. The number of carbonyl (C=O) groups is 9. The standard InChI is InChI=1S/C65H75FN10O10S2/c1-38-58(79)70-39(2)59(80)72-52(32-45-14-7-13-44-12-4-5-15-49(44)45)61(82)74-54(33-46-35-68-51-23-20-47(66)34-50(46)51)65(86)76-27-9-17-56(76)63(84)71-40(3)60(81)73-53(31-41-18-21-48(77)22-19-41)64(85)75-26-8-16-55(75)62(83)67-25-29-88-37-43-11-6-10-42(30-43)36-87-28-24-57(78)69-38/h4-7,10-15,18-23,30,34-35,38-40,52-56,68,77H,8-9,16-17,24-29,31-33,36-37H2,1-3H3,(H,67,83)(H,69,78)(H,70,79)(H,71,84)(H,72,80)(H,73,81)(H,74,82)/t38-,39+,40-,52-,53-,54-,55-,56-/m0/s1. The number of aromatic nitrogens is 1. The van der Waals surface area contributed by atoms with Gasteiger partial charge in [-0.25, -0.2) is 4.39 Å². The number of rotatable bonds is 6. The number of hydrogen-bond donors (Lipinski definition) is 9. The number of nitrogens with zero attached hydrogens (tertiary/aromatic N) is 2. The van der Waals surface area contributed by atoms with E-state index in [4.69, 9.17) is 0 Å². The number of amides is 9. The molecule has 0 unspecified atom stereocenters. The second-order valence-electron chi connectivity index (χ2n) is 22.7. The van der Waals surface area contributed by atoms with Crippen molar-refractivity contribution in [1.82, 2.24) is 52.0 Å². The van der Waals surface area contributed by atoms with Crippen LogP contribution in [0, 0.1) is 5.82 Å². The van der Waals surface area contributed by atoms with E-state index >= 15 is 9.59 Å². The molecule has 23 heteroatoms. The number of thioether (sulfide) groups is 2. The summed E-state index contributed by atoms with van der Waals surface area (Å²) in [5.41, 5.74) is 4.46. The summed E-state index contributed by atoms with van der Waals surface area (Å²) < 4.78 is 14.9. The first-order valence-corrected chi connectivity index (χ1v) is 32.1. The van der Waals surface area contributed by atoms with Crippen molar-refractivity contribution in [2.75, 3.05) is 31.1 Å². The van der Waals surface area contributed by atoms with Crippen molar-refractivity contribution in [2.24, 2.45) is 0 Å². The third-order valence-corrected chi connectivity index (χ3v) is 18.3. The van der Waals surface area contributed by atoms with E-state index in [9.17, 15) is 43.1 Å². The summed E-state index contributed by atoms with van der Waals surface area (Å²) in [5, 5.41) is 31.8. The van der Waals surface area contributed by atoms with Crippen molar-refractivity contribution < 1.29 is 52.6 Å². The lowest BCUT2D eigenvalue weighted by atomic mass is 9.97. The summed E-state index contributed by atoms with van der Waals surface area (Å²) in [7, 11) is 0. The predicted octanol–water partition coefficient (Wildman–Crippen LogP) is 4.83. The van der Waals surface area contributed by atoms with Crippen LogP contribution in [0.25, 0.3) is 21.7 Å². The fraction of sp³-hybridized carbons (Fsp3) is 0.400. The molecule has 8 atom stereocenters. The zero-order chi connectivity index (χ0) is 62.4. The van der Waals surface area contributed by atoms with Crippen LogP contribution in [0.1, 0.15) is 80.7 Å². The van der Waals surface area contributed by atoms with Gasteiger partial charge in [-0.15, -0.1) is 0 Å². The predicted molar refractivity (Wildman–Crippen MR) is 336 cm³/mol. The Morgan fingerprint density at radius 3 is 1.81 bits per heavy atom. The van der Waals surface area contributed by atoms with Crippen LogP contribution in [0.5, 0.6) is 5.75 Å². The molecular formula is C65H75FN10O10S2. The van der Waals surface area contributed by atoms with Gasteiger partial charge in [0.25, 0.3) is 0 Å². The van der Waals surface area contributed by atoms with Gasteiger partial charge in [0.15, 0.2) is 0 Å². The number of nitrogens with one attached hydrogen (secondary N) is 8. The van der Waals surface area contributed by atoms with Gasteiger partial charge in [-0.2, -0.15) is 23.5 Å². The Balaban J connectivity index is 0.990. The van der Waals surface area contributed by atoms with Gasteiger partial charge in [0.2, 0.25) is 53.2 Å². The van der Waals surface area contributed by atoms with E-state index in [-0.39, 0.29) is 62.8 Å². The molecule has 3 aliphatic heterocycles. The maximum atomic E-state index is 15.2. The molecule has 2 fully saturated rings. The molecule has 464 valence electrons. The van der Waals surface area contributed by atoms with Crippen molar-refractivity contribution in [3.63, 3.8) is 0 Å². The van der Waals surface area contributed by atoms with E-state index in [2.05, 4.69) is 48.3 Å². The minimum absolute atomic E-state index is 0.00206. The first kappa shape index (κ1) is 64.0. The summed E-state index contributed by atoms with van der Waals surface area (Å²) in [4.78, 5) is 134. The van der Waals surface area contributed by atoms with E-state index in [0.717, 1.165) is 21.9 Å². The summed E-state index contributed by atoms with van der Waals surface area (Å²) in [6, 6.07) is 22.1. The molecule has 9 amide bonds. The van der Waals surface area contributed by atoms with Crippen LogP contribution in [-0.4, -0.2) is 153 Å². The monoisotopic (exact) mass is 1240 g/mol. The molecule has 2 saturated heterocycles. The molecule has 6 aromatic rings. The second kappa shape index (κ2) is 30.0. The lowest BCUT2D eigenvalue weighted by Crippen LogP contribution is -2.60. The maximum Gasteiger partial charge on any atom is 0.246 e. The smallest absolute Gasteiger partial charge is 0.246 e. The highest BCUT2D eigenvalue weighted by Gasteiger charge is 2.42. The van der Waals surface area contributed by atoms with Gasteiger partial charge in [0.05, 0.1) is 0 Å². The van der Waals surface area contributed by atoms with E-state index in [0.29, 0.717) is 76.4 Å². The van der Waals surface area contributed by atoms with Gasteiger partial charge < -0.3 is 57.1 Å². The number of aromatic amines is 1.